The lowest BCUT2D eigenvalue weighted by atomic mass is 9.80. The Hall–Kier alpha value is -2.65. The summed E-state index contributed by atoms with van der Waals surface area (Å²) in [5, 5.41) is 0. The molecule has 1 rings (SSSR count). The lowest BCUT2D eigenvalue weighted by Crippen LogP contribution is -2.59. The number of hydrogen-bond donors (Lipinski definition) is 0. The van der Waals surface area contributed by atoms with Crippen molar-refractivity contribution in [3.8, 4) is 0 Å². The Balaban J connectivity index is 3.29. The highest BCUT2D eigenvalue weighted by atomic mass is 16.6. The molecule has 1 fully saturated rings. The molecule has 0 aliphatic heterocycles. The molecule has 27 heavy (non-hydrogen) atoms. The summed E-state index contributed by atoms with van der Waals surface area (Å²) in [6.07, 6.45) is -4.42. The Kier molecular flexibility index (Phi) is 8.20. The summed E-state index contributed by atoms with van der Waals surface area (Å²) in [6.45, 7) is 5.64. The van der Waals surface area contributed by atoms with Crippen molar-refractivity contribution in [3.63, 3.8) is 0 Å². The van der Waals surface area contributed by atoms with Crippen LogP contribution in [0.5, 0.6) is 0 Å². The van der Waals surface area contributed by atoms with Crippen molar-refractivity contribution >= 4 is 29.8 Å². The van der Waals surface area contributed by atoms with E-state index in [1.165, 1.54) is 13.8 Å². The first-order valence-electron chi connectivity index (χ1n) is 8.33. The van der Waals surface area contributed by atoms with Crippen molar-refractivity contribution in [2.45, 2.75) is 65.5 Å². The van der Waals surface area contributed by atoms with Crippen LogP contribution in [-0.4, -0.2) is 60.9 Å². The van der Waals surface area contributed by atoms with Crippen LogP contribution in [0.25, 0.3) is 0 Å². The van der Waals surface area contributed by atoms with E-state index >= 15 is 0 Å². The van der Waals surface area contributed by atoms with Crippen molar-refractivity contribution in [1.29, 1.82) is 0 Å². The van der Waals surface area contributed by atoms with E-state index in [0.717, 1.165) is 20.8 Å². The minimum atomic E-state index is -1.24. The van der Waals surface area contributed by atoms with Crippen LogP contribution in [0.1, 0.15) is 41.0 Å². The number of esters is 5. The maximum atomic E-state index is 11.6. The molecule has 0 amide bonds. The second-order valence-electron chi connectivity index (χ2n) is 6.17. The van der Waals surface area contributed by atoms with E-state index in [1.807, 2.05) is 0 Å². The smallest absolute Gasteiger partial charge is 0.303 e. The highest BCUT2D eigenvalue weighted by Crippen LogP contribution is 2.34. The third-order valence-corrected chi connectivity index (χ3v) is 3.74. The van der Waals surface area contributed by atoms with Gasteiger partial charge in [0.1, 0.15) is 12.2 Å². The standard InChI is InChI=1S/C17H24O10/c1-8(18)23-7-13-6-14(24-9(2)19)16(26-11(4)21)17(27-12(5)22)15(13)25-10(3)20/h13-17H,6-7H2,1-5H3/t13-,14-,15-,16-,17-/m1/s1. The summed E-state index contributed by atoms with van der Waals surface area (Å²) in [5.74, 6) is -3.95. The van der Waals surface area contributed by atoms with Crippen LogP contribution in [0.4, 0.5) is 0 Å². The molecule has 0 aromatic carbocycles. The summed E-state index contributed by atoms with van der Waals surface area (Å²) >= 11 is 0. The zero-order chi connectivity index (χ0) is 20.7. The molecule has 0 aromatic rings. The zero-order valence-electron chi connectivity index (χ0n) is 15.9. The van der Waals surface area contributed by atoms with Crippen LogP contribution >= 0.6 is 0 Å². The number of ether oxygens (including phenoxy) is 5. The van der Waals surface area contributed by atoms with E-state index < -0.39 is 60.2 Å². The van der Waals surface area contributed by atoms with E-state index in [1.54, 1.807) is 0 Å². The van der Waals surface area contributed by atoms with Gasteiger partial charge in [0, 0.05) is 40.5 Å². The Morgan fingerprint density at radius 2 is 1.07 bits per heavy atom. The van der Waals surface area contributed by atoms with Gasteiger partial charge in [-0.25, -0.2) is 0 Å². The second kappa shape index (κ2) is 9.89. The van der Waals surface area contributed by atoms with Gasteiger partial charge in [-0.3, -0.25) is 24.0 Å². The molecule has 0 saturated heterocycles. The summed E-state index contributed by atoms with van der Waals surface area (Å²) in [5.41, 5.74) is 0. The highest BCUT2D eigenvalue weighted by Gasteiger charge is 2.52. The first-order chi connectivity index (χ1) is 12.5. The third-order valence-electron chi connectivity index (χ3n) is 3.74. The second-order valence-corrected chi connectivity index (χ2v) is 6.17. The third kappa shape index (κ3) is 7.24. The molecule has 1 aliphatic rings. The number of rotatable bonds is 6. The lowest BCUT2D eigenvalue weighted by molar-refractivity contribution is -0.221. The Morgan fingerprint density at radius 3 is 1.52 bits per heavy atom. The van der Waals surface area contributed by atoms with Gasteiger partial charge in [0.05, 0.1) is 6.61 Å². The van der Waals surface area contributed by atoms with Gasteiger partial charge in [-0.1, -0.05) is 0 Å². The van der Waals surface area contributed by atoms with E-state index in [-0.39, 0.29) is 13.0 Å². The molecule has 1 aliphatic carbocycles. The van der Waals surface area contributed by atoms with Crippen LogP contribution < -0.4 is 0 Å². The van der Waals surface area contributed by atoms with E-state index in [2.05, 4.69) is 0 Å². The number of carbonyl (C=O) groups is 5. The van der Waals surface area contributed by atoms with Crippen LogP contribution in [-0.2, 0) is 47.7 Å². The fourth-order valence-electron chi connectivity index (χ4n) is 2.96. The molecular weight excluding hydrogens is 364 g/mol. The van der Waals surface area contributed by atoms with Gasteiger partial charge in [0.25, 0.3) is 0 Å². The van der Waals surface area contributed by atoms with Gasteiger partial charge in [0.15, 0.2) is 12.2 Å². The molecule has 5 atom stereocenters. The molecule has 1 saturated carbocycles. The normalized spacial score (nSPS) is 27.1. The van der Waals surface area contributed by atoms with Gasteiger partial charge >= 0.3 is 29.8 Å². The molecule has 0 spiro atoms. The zero-order valence-corrected chi connectivity index (χ0v) is 15.9. The van der Waals surface area contributed by atoms with Gasteiger partial charge < -0.3 is 23.7 Å². The van der Waals surface area contributed by atoms with Crippen LogP contribution in [0.2, 0.25) is 0 Å². The van der Waals surface area contributed by atoms with Gasteiger partial charge in [-0.2, -0.15) is 0 Å². The first-order valence-corrected chi connectivity index (χ1v) is 8.33. The number of carbonyl (C=O) groups excluding carboxylic acids is 5. The van der Waals surface area contributed by atoms with E-state index in [0.29, 0.717) is 0 Å². The summed E-state index contributed by atoms with van der Waals surface area (Å²) in [4.78, 5) is 57.3. The van der Waals surface area contributed by atoms with Crippen LogP contribution in [0, 0.1) is 5.92 Å². The summed E-state index contributed by atoms with van der Waals surface area (Å²) < 4.78 is 25.9. The van der Waals surface area contributed by atoms with Crippen molar-refractivity contribution in [2.75, 3.05) is 6.61 Å². The maximum absolute atomic E-state index is 11.6. The molecule has 0 N–H and O–H groups in total. The van der Waals surface area contributed by atoms with Gasteiger partial charge in [-0.15, -0.1) is 0 Å². The van der Waals surface area contributed by atoms with Crippen molar-refractivity contribution in [2.24, 2.45) is 5.92 Å². The molecule has 0 radical (unpaired) electrons. The predicted molar refractivity (Wildman–Crippen MR) is 87.0 cm³/mol. The topological polar surface area (TPSA) is 132 Å². The summed E-state index contributed by atoms with van der Waals surface area (Å²) in [6, 6.07) is 0. The van der Waals surface area contributed by atoms with Crippen LogP contribution in [0.3, 0.4) is 0 Å². The van der Waals surface area contributed by atoms with Crippen molar-refractivity contribution in [3.05, 3.63) is 0 Å². The monoisotopic (exact) mass is 388 g/mol. The molecule has 152 valence electrons. The quantitative estimate of drug-likeness (QED) is 0.462. The minimum absolute atomic E-state index is 0.0561. The molecule has 0 aromatic heterocycles. The Bertz CT molecular complexity index is 599. The predicted octanol–water partition coefficient (Wildman–Crippen LogP) is 0.296. The maximum Gasteiger partial charge on any atom is 0.303 e. The van der Waals surface area contributed by atoms with Crippen molar-refractivity contribution < 1.29 is 47.7 Å². The summed E-state index contributed by atoms with van der Waals surface area (Å²) in [7, 11) is 0. The molecule has 10 nitrogen and oxygen atoms in total. The first kappa shape index (κ1) is 22.4. The van der Waals surface area contributed by atoms with Gasteiger partial charge in [0.2, 0.25) is 0 Å². The fourth-order valence-corrected chi connectivity index (χ4v) is 2.96. The average molecular weight is 388 g/mol. The molecule has 0 bridgehead atoms. The molecular formula is C17H24O10. The fraction of sp³-hybridized carbons (Fsp3) is 0.706. The molecule has 10 heteroatoms. The van der Waals surface area contributed by atoms with Crippen LogP contribution in [0.15, 0.2) is 0 Å². The number of hydrogen-bond acceptors (Lipinski definition) is 10. The van der Waals surface area contributed by atoms with E-state index in [4.69, 9.17) is 23.7 Å². The Labute approximate surface area is 156 Å². The Morgan fingerprint density at radius 1 is 0.630 bits per heavy atom. The average Bonchev–Trinajstić information content (AvgIpc) is 2.49. The lowest BCUT2D eigenvalue weighted by Gasteiger charge is -2.43. The highest BCUT2D eigenvalue weighted by molar-refractivity contribution is 5.69. The SMILES string of the molecule is CC(=O)OC[C@H]1C[C@@H](OC(C)=O)[C@@H](OC(C)=O)[C@H](OC(C)=O)[C@@H]1OC(C)=O. The largest absolute Gasteiger partial charge is 0.465 e. The van der Waals surface area contributed by atoms with Gasteiger partial charge in [-0.05, 0) is 6.42 Å². The van der Waals surface area contributed by atoms with Crippen molar-refractivity contribution in [1.82, 2.24) is 0 Å². The molecule has 0 heterocycles. The minimum Gasteiger partial charge on any atom is -0.465 e. The van der Waals surface area contributed by atoms with E-state index in [9.17, 15) is 24.0 Å². The molecule has 0 unspecified atom stereocenters.